The van der Waals surface area contributed by atoms with Crippen LogP contribution in [0.2, 0.25) is 0 Å². The molecule has 1 atom stereocenters. The summed E-state index contributed by atoms with van der Waals surface area (Å²) in [7, 11) is 0. The van der Waals surface area contributed by atoms with E-state index in [0.29, 0.717) is 37.6 Å². The number of rotatable bonds is 6. The third kappa shape index (κ3) is 5.23. The van der Waals surface area contributed by atoms with Gasteiger partial charge < -0.3 is 15.4 Å². The Bertz CT molecular complexity index is 1080. The van der Waals surface area contributed by atoms with Gasteiger partial charge in [-0.05, 0) is 60.0 Å². The number of pyridine rings is 2. The average molecular weight is 442 g/mol. The molecular weight excluding hydrogens is 421 g/mol. The molecule has 2 N–H and O–H groups in total. The van der Waals surface area contributed by atoms with E-state index < -0.39 is 17.6 Å². The molecule has 1 aliphatic heterocycles. The van der Waals surface area contributed by atoms with E-state index in [2.05, 4.69) is 20.6 Å². The van der Waals surface area contributed by atoms with Gasteiger partial charge in [-0.2, -0.15) is 13.2 Å². The summed E-state index contributed by atoms with van der Waals surface area (Å²) in [5, 5.41) is 5.70. The molecule has 9 heteroatoms. The van der Waals surface area contributed by atoms with Crippen molar-refractivity contribution in [3.8, 4) is 0 Å². The number of carbonyl (C=O) groups excluding carboxylic acids is 1. The Balaban J connectivity index is 1.56. The molecule has 0 bridgehead atoms. The topological polar surface area (TPSA) is 76.1 Å². The molecule has 2 aromatic heterocycles. The van der Waals surface area contributed by atoms with Crippen molar-refractivity contribution in [1.82, 2.24) is 9.97 Å². The molecule has 166 valence electrons. The van der Waals surface area contributed by atoms with Crippen LogP contribution in [0.15, 0.2) is 61.1 Å². The minimum atomic E-state index is -4.53. The van der Waals surface area contributed by atoms with Gasteiger partial charge in [0, 0.05) is 43.3 Å². The van der Waals surface area contributed by atoms with E-state index >= 15 is 0 Å². The Hall–Kier alpha value is -3.46. The Morgan fingerprint density at radius 3 is 2.66 bits per heavy atom. The summed E-state index contributed by atoms with van der Waals surface area (Å²) in [5.74, 6) is -0.356. The summed E-state index contributed by atoms with van der Waals surface area (Å²) in [5.41, 5.74) is 0.938. The van der Waals surface area contributed by atoms with Crippen molar-refractivity contribution in [2.45, 2.75) is 25.1 Å². The van der Waals surface area contributed by atoms with Crippen molar-refractivity contribution in [2.75, 3.05) is 23.8 Å². The number of anilines is 2. The first-order valence-electron chi connectivity index (χ1n) is 10.1. The van der Waals surface area contributed by atoms with Crippen molar-refractivity contribution >= 4 is 17.4 Å². The molecule has 6 nitrogen and oxygen atoms in total. The highest BCUT2D eigenvalue weighted by Gasteiger charge is 2.32. The zero-order valence-corrected chi connectivity index (χ0v) is 17.0. The van der Waals surface area contributed by atoms with Gasteiger partial charge in [0.1, 0.15) is 5.82 Å². The fourth-order valence-corrected chi connectivity index (χ4v) is 3.53. The molecule has 0 radical (unpaired) electrons. The van der Waals surface area contributed by atoms with Crippen LogP contribution in [-0.2, 0) is 17.5 Å². The number of hydrogen-bond donors (Lipinski definition) is 2. The lowest BCUT2D eigenvalue weighted by Crippen LogP contribution is -2.17. The van der Waals surface area contributed by atoms with Crippen LogP contribution in [0.5, 0.6) is 0 Å². The van der Waals surface area contributed by atoms with Crippen molar-refractivity contribution in [2.24, 2.45) is 0 Å². The molecule has 0 spiro atoms. The van der Waals surface area contributed by atoms with E-state index in [4.69, 9.17) is 4.74 Å². The molecule has 0 saturated carbocycles. The van der Waals surface area contributed by atoms with E-state index in [1.165, 1.54) is 6.20 Å². The van der Waals surface area contributed by atoms with Crippen LogP contribution in [0.4, 0.5) is 24.7 Å². The maximum atomic E-state index is 13.5. The molecule has 4 rings (SSSR count). The van der Waals surface area contributed by atoms with Gasteiger partial charge in [0.2, 0.25) is 0 Å². The molecule has 1 fully saturated rings. The van der Waals surface area contributed by atoms with Gasteiger partial charge in [-0.1, -0.05) is 0 Å². The van der Waals surface area contributed by atoms with E-state index in [9.17, 15) is 18.0 Å². The fraction of sp³-hybridized carbons (Fsp3) is 0.261. The minimum Gasteiger partial charge on any atom is -0.381 e. The van der Waals surface area contributed by atoms with E-state index in [1.54, 1.807) is 30.6 Å². The molecule has 3 heterocycles. The lowest BCUT2D eigenvalue weighted by Gasteiger charge is -2.16. The Kier molecular flexibility index (Phi) is 6.36. The quantitative estimate of drug-likeness (QED) is 0.570. The smallest absolute Gasteiger partial charge is 0.381 e. The Morgan fingerprint density at radius 2 is 1.94 bits per heavy atom. The summed E-state index contributed by atoms with van der Waals surface area (Å²) < 4.78 is 45.7. The second kappa shape index (κ2) is 9.35. The molecule has 0 aliphatic carbocycles. The average Bonchev–Trinajstić information content (AvgIpc) is 3.33. The largest absolute Gasteiger partial charge is 0.416 e. The molecule has 32 heavy (non-hydrogen) atoms. The minimum absolute atomic E-state index is 0.0793. The highest BCUT2D eigenvalue weighted by Crippen LogP contribution is 2.36. The first-order chi connectivity index (χ1) is 15.4. The van der Waals surface area contributed by atoms with Crippen molar-refractivity contribution < 1.29 is 22.7 Å². The monoisotopic (exact) mass is 442 g/mol. The summed E-state index contributed by atoms with van der Waals surface area (Å²) in [6.45, 7) is 1.28. The highest BCUT2D eigenvalue weighted by molar-refractivity contribution is 6.07. The molecule has 1 amide bonds. The number of halogens is 3. The van der Waals surface area contributed by atoms with Gasteiger partial charge in [-0.25, -0.2) is 4.98 Å². The number of aromatic nitrogens is 2. The molecule has 1 unspecified atom stereocenters. The van der Waals surface area contributed by atoms with Crippen molar-refractivity contribution in [3.05, 3.63) is 83.3 Å². The molecule has 1 saturated heterocycles. The van der Waals surface area contributed by atoms with Crippen molar-refractivity contribution in [3.63, 3.8) is 0 Å². The lowest BCUT2D eigenvalue weighted by atomic mass is 9.95. The summed E-state index contributed by atoms with van der Waals surface area (Å²) in [6, 6.07) is 10.5. The first kappa shape index (κ1) is 21.8. The number of carbonyl (C=O) groups is 1. The van der Waals surface area contributed by atoms with Crippen LogP contribution in [0.1, 0.15) is 39.4 Å². The lowest BCUT2D eigenvalue weighted by molar-refractivity contribution is -0.137. The summed E-state index contributed by atoms with van der Waals surface area (Å²) >= 11 is 0. The van der Waals surface area contributed by atoms with Crippen LogP contribution in [0.3, 0.4) is 0 Å². The first-order valence-corrected chi connectivity index (χ1v) is 10.1. The number of alkyl halides is 3. The van der Waals surface area contributed by atoms with Crippen LogP contribution in [-0.4, -0.2) is 29.1 Å². The van der Waals surface area contributed by atoms with Crippen LogP contribution < -0.4 is 10.6 Å². The Morgan fingerprint density at radius 1 is 1.12 bits per heavy atom. The maximum Gasteiger partial charge on any atom is 0.416 e. The summed E-state index contributed by atoms with van der Waals surface area (Å²) in [4.78, 5) is 21.1. The number of nitrogens with zero attached hydrogens (tertiary/aromatic N) is 2. The molecule has 1 aromatic carbocycles. The third-order valence-electron chi connectivity index (χ3n) is 5.20. The second-order valence-electron chi connectivity index (χ2n) is 7.46. The van der Waals surface area contributed by atoms with Gasteiger partial charge in [-0.3, -0.25) is 9.78 Å². The van der Waals surface area contributed by atoms with Crippen molar-refractivity contribution in [1.29, 1.82) is 0 Å². The van der Waals surface area contributed by atoms with E-state index in [1.807, 2.05) is 12.1 Å². The van der Waals surface area contributed by atoms with Gasteiger partial charge >= 0.3 is 6.18 Å². The van der Waals surface area contributed by atoms with Crippen LogP contribution in [0, 0.1) is 0 Å². The van der Waals surface area contributed by atoms with Gasteiger partial charge in [-0.15, -0.1) is 0 Å². The molecule has 3 aromatic rings. The van der Waals surface area contributed by atoms with Gasteiger partial charge in [0.15, 0.2) is 0 Å². The second-order valence-corrected chi connectivity index (χ2v) is 7.46. The van der Waals surface area contributed by atoms with Crippen LogP contribution >= 0.6 is 0 Å². The number of ether oxygens (including phenoxy) is 1. The predicted octanol–water partition coefficient (Wildman–Crippen LogP) is 4.86. The standard InChI is InChI=1S/C23H21F3N4O2/c24-23(25,26)18-10-17(16-5-9-32-14-16)11-19(12-18)30-22(31)20-2-1-6-28-21(20)29-13-15-3-7-27-8-4-15/h1-4,6-8,10-12,16H,5,9,13-14H2,(H,28,29)(H,30,31). The van der Waals surface area contributed by atoms with Gasteiger partial charge in [0.25, 0.3) is 5.91 Å². The molecule has 1 aliphatic rings. The SMILES string of the molecule is O=C(Nc1cc(C2CCOC2)cc(C(F)(F)F)c1)c1cccnc1NCc1ccncc1. The third-order valence-corrected chi connectivity index (χ3v) is 5.20. The fourth-order valence-electron chi connectivity index (χ4n) is 3.53. The predicted molar refractivity (Wildman–Crippen MR) is 113 cm³/mol. The zero-order chi connectivity index (χ0) is 22.6. The zero-order valence-electron chi connectivity index (χ0n) is 17.0. The van der Waals surface area contributed by atoms with Crippen LogP contribution in [0.25, 0.3) is 0 Å². The highest BCUT2D eigenvalue weighted by atomic mass is 19.4. The van der Waals surface area contributed by atoms with E-state index in [0.717, 1.165) is 17.7 Å². The number of hydrogen-bond acceptors (Lipinski definition) is 5. The number of benzene rings is 1. The Labute approximate surface area is 182 Å². The molecular formula is C23H21F3N4O2. The van der Waals surface area contributed by atoms with Gasteiger partial charge in [0.05, 0.1) is 17.7 Å². The number of amides is 1. The number of nitrogens with one attached hydrogen (secondary N) is 2. The maximum absolute atomic E-state index is 13.5. The summed E-state index contributed by atoms with van der Waals surface area (Å²) in [6.07, 6.45) is 0.961. The van der Waals surface area contributed by atoms with E-state index in [-0.39, 0.29) is 17.2 Å². The normalized spacial score (nSPS) is 16.0.